The number of aryl methyl sites for hydroxylation is 1. The van der Waals surface area contributed by atoms with E-state index >= 15 is 0 Å². The van der Waals surface area contributed by atoms with Gasteiger partial charge >= 0.3 is 0 Å². The summed E-state index contributed by atoms with van der Waals surface area (Å²) in [4.78, 5) is 9.27. The van der Waals surface area contributed by atoms with Gasteiger partial charge in [0, 0.05) is 29.1 Å². The number of hydrogen-bond acceptors (Lipinski definition) is 3. The van der Waals surface area contributed by atoms with Crippen LogP contribution in [0.5, 0.6) is 0 Å². The molecule has 0 saturated carbocycles. The number of halogens is 2. The van der Waals surface area contributed by atoms with Gasteiger partial charge in [-0.1, -0.05) is 54.6 Å². The lowest BCUT2D eigenvalue weighted by Gasteiger charge is -2.10. The van der Waals surface area contributed by atoms with Crippen LogP contribution in [-0.4, -0.2) is 19.7 Å². The summed E-state index contributed by atoms with van der Waals surface area (Å²) < 4.78 is 30.3. The number of nitrogens with zero attached hydrogens (tertiary/aromatic N) is 4. The standard InChI is InChI=1S/C26H20F2N4/c1-17-12-13-21(20-9-6-14-29-25(17)20)26-30-24(15-18-7-2-4-10-22(18)27)31-32(26)16-19-8-3-5-11-23(19)28/h2-14H,15-16H2,1H3. The van der Waals surface area contributed by atoms with Crippen molar-refractivity contribution in [3.8, 4) is 11.4 Å². The summed E-state index contributed by atoms with van der Waals surface area (Å²) in [6, 6.07) is 21.0. The molecule has 0 aliphatic carbocycles. The van der Waals surface area contributed by atoms with E-state index in [0.717, 1.165) is 22.0 Å². The van der Waals surface area contributed by atoms with Crippen molar-refractivity contribution < 1.29 is 8.78 Å². The third-order valence-corrected chi connectivity index (χ3v) is 5.51. The largest absolute Gasteiger partial charge is 0.256 e. The Bertz CT molecular complexity index is 1420. The fourth-order valence-corrected chi connectivity index (χ4v) is 3.88. The topological polar surface area (TPSA) is 43.6 Å². The molecule has 0 aliphatic heterocycles. The Balaban J connectivity index is 1.65. The first-order valence-electron chi connectivity index (χ1n) is 10.4. The number of benzene rings is 3. The van der Waals surface area contributed by atoms with Gasteiger partial charge in [-0.25, -0.2) is 18.4 Å². The van der Waals surface area contributed by atoms with Gasteiger partial charge in [-0.05, 0) is 36.2 Å². The molecule has 0 spiro atoms. The highest BCUT2D eigenvalue weighted by Gasteiger charge is 2.18. The molecule has 0 saturated heterocycles. The van der Waals surface area contributed by atoms with E-state index in [4.69, 9.17) is 4.98 Å². The number of hydrogen-bond donors (Lipinski definition) is 0. The summed E-state index contributed by atoms with van der Waals surface area (Å²) in [6.45, 7) is 2.22. The number of aromatic nitrogens is 4. The minimum Gasteiger partial charge on any atom is -0.256 e. The number of pyridine rings is 1. The second kappa shape index (κ2) is 8.30. The molecule has 3 aromatic carbocycles. The maximum absolute atomic E-state index is 14.4. The highest BCUT2D eigenvalue weighted by Crippen LogP contribution is 2.29. The summed E-state index contributed by atoms with van der Waals surface area (Å²) >= 11 is 0. The van der Waals surface area contributed by atoms with Gasteiger partial charge in [0.2, 0.25) is 0 Å². The molecule has 5 aromatic rings. The second-order valence-corrected chi connectivity index (χ2v) is 7.70. The van der Waals surface area contributed by atoms with Crippen LogP contribution in [0.25, 0.3) is 22.3 Å². The normalized spacial score (nSPS) is 11.2. The Hall–Kier alpha value is -3.93. The predicted molar refractivity (Wildman–Crippen MR) is 120 cm³/mol. The molecule has 32 heavy (non-hydrogen) atoms. The molecule has 4 nitrogen and oxygen atoms in total. The van der Waals surface area contributed by atoms with Gasteiger partial charge in [0.05, 0.1) is 12.1 Å². The van der Waals surface area contributed by atoms with Crippen LogP contribution < -0.4 is 0 Å². The van der Waals surface area contributed by atoms with Crippen molar-refractivity contribution in [2.24, 2.45) is 0 Å². The lowest BCUT2D eigenvalue weighted by atomic mass is 10.0. The first kappa shape index (κ1) is 20.0. The second-order valence-electron chi connectivity index (χ2n) is 7.70. The third kappa shape index (κ3) is 3.75. The Morgan fingerprint density at radius 3 is 2.28 bits per heavy atom. The lowest BCUT2D eigenvalue weighted by Crippen LogP contribution is -2.06. The van der Waals surface area contributed by atoms with Crippen molar-refractivity contribution in [1.82, 2.24) is 19.7 Å². The molecule has 2 aromatic heterocycles. The third-order valence-electron chi connectivity index (χ3n) is 5.51. The lowest BCUT2D eigenvalue weighted by molar-refractivity contribution is 0.584. The van der Waals surface area contributed by atoms with E-state index < -0.39 is 0 Å². The zero-order valence-corrected chi connectivity index (χ0v) is 17.5. The molecule has 0 N–H and O–H groups in total. The van der Waals surface area contributed by atoms with Crippen molar-refractivity contribution >= 4 is 10.9 Å². The van der Waals surface area contributed by atoms with E-state index in [1.165, 1.54) is 12.1 Å². The van der Waals surface area contributed by atoms with Crippen LogP contribution in [0, 0.1) is 18.6 Å². The van der Waals surface area contributed by atoms with E-state index in [-0.39, 0.29) is 24.6 Å². The Kier molecular flexibility index (Phi) is 5.19. The summed E-state index contributed by atoms with van der Waals surface area (Å²) in [5, 5.41) is 5.58. The number of rotatable bonds is 5. The van der Waals surface area contributed by atoms with Crippen LogP contribution in [0.2, 0.25) is 0 Å². The van der Waals surface area contributed by atoms with E-state index in [1.807, 2.05) is 31.2 Å². The van der Waals surface area contributed by atoms with Crippen molar-refractivity contribution in [2.75, 3.05) is 0 Å². The van der Waals surface area contributed by atoms with Crippen LogP contribution >= 0.6 is 0 Å². The molecule has 0 amide bonds. The van der Waals surface area contributed by atoms with E-state index in [1.54, 1.807) is 47.3 Å². The van der Waals surface area contributed by atoms with Gasteiger partial charge in [-0.3, -0.25) is 4.98 Å². The first-order chi connectivity index (χ1) is 15.6. The fraction of sp³-hybridized carbons (Fsp3) is 0.115. The van der Waals surface area contributed by atoms with Crippen LogP contribution in [0.15, 0.2) is 79.0 Å². The number of fused-ring (bicyclic) bond motifs is 1. The molecule has 0 radical (unpaired) electrons. The first-order valence-corrected chi connectivity index (χ1v) is 10.4. The average molecular weight is 426 g/mol. The summed E-state index contributed by atoms with van der Waals surface area (Å²) in [5.74, 6) is 0.459. The minimum atomic E-state index is -0.306. The van der Waals surface area contributed by atoms with Crippen LogP contribution in [0.3, 0.4) is 0 Å². The average Bonchev–Trinajstić information content (AvgIpc) is 3.19. The monoisotopic (exact) mass is 426 g/mol. The van der Waals surface area contributed by atoms with Crippen molar-refractivity contribution in [3.05, 3.63) is 113 Å². The maximum Gasteiger partial charge on any atom is 0.159 e. The van der Waals surface area contributed by atoms with E-state index in [0.29, 0.717) is 22.8 Å². The minimum absolute atomic E-state index is 0.210. The summed E-state index contributed by atoms with van der Waals surface area (Å²) in [5.41, 5.74) is 3.79. The molecule has 6 heteroatoms. The van der Waals surface area contributed by atoms with Gasteiger partial charge in [0.15, 0.2) is 11.6 Å². The van der Waals surface area contributed by atoms with Gasteiger partial charge in [0.1, 0.15) is 11.6 Å². The molecular formula is C26H20F2N4. The van der Waals surface area contributed by atoms with Gasteiger partial charge < -0.3 is 0 Å². The fourth-order valence-electron chi connectivity index (χ4n) is 3.88. The molecule has 2 heterocycles. The predicted octanol–water partition coefficient (Wildman–Crippen LogP) is 5.72. The van der Waals surface area contributed by atoms with Crippen LogP contribution in [-0.2, 0) is 13.0 Å². The molecule has 0 bridgehead atoms. The Labute approximate surface area is 184 Å². The van der Waals surface area contributed by atoms with Gasteiger partial charge in [-0.15, -0.1) is 0 Å². The highest BCUT2D eigenvalue weighted by molar-refractivity contribution is 5.94. The van der Waals surface area contributed by atoms with Crippen LogP contribution in [0.4, 0.5) is 8.78 Å². The smallest absolute Gasteiger partial charge is 0.159 e. The quantitative estimate of drug-likeness (QED) is 0.361. The summed E-state index contributed by atoms with van der Waals surface area (Å²) in [7, 11) is 0. The maximum atomic E-state index is 14.4. The SMILES string of the molecule is Cc1ccc(-c2nc(Cc3ccccc3F)nn2Cc2ccccc2F)c2cccnc12. The molecule has 0 atom stereocenters. The van der Waals surface area contributed by atoms with E-state index in [2.05, 4.69) is 10.1 Å². The highest BCUT2D eigenvalue weighted by atomic mass is 19.1. The van der Waals surface area contributed by atoms with Gasteiger partial charge in [-0.2, -0.15) is 5.10 Å². The molecular weight excluding hydrogens is 406 g/mol. The molecule has 158 valence electrons. The Morgan fingerprint density at radius 2 is 1.53 bits per heavy atom. The zero-order chi connectivity index (χ0) is 22.1. The molecule has 0 aliphatic rings. The molecule has 5 rings (SSSR count). The van der Waals surface area contributed by atoms with E-state index in [9.17, 15) is 8.78 Å². The molecule has 0 fully saturated rings. The molecule has 0 unspecified atom stereocenters. The van der Waals surface area contributed by atoms with Crippen LogP contribution in [0.1, 0.15) is 22.5 Å². The zero-order valence-electron chi connectivity index (χ0n) is 17.5. The van der Waals surface area contributed by atoms with Crippen molar-refractivity contribution in [2.45, 2.75) is 19.9 Å². The van der Waals surface area contributed by atoms with Crippen molar-refractivity contribution in [1.29, 1.82) is 0 Å². The summed E-state index contributed by atoms with van der Waals surface area (Å²) in [6.07, 6.45) is 2.00. The Morgan fingerprint density at radius 1 is 0.812 bits per heavy atom. The van der Waals surface area contributed by atoms with Crippen molar-refractivity contribution in [3.63, 3.8) is 0 Å². The van der Waals surface area contributed by atoms with Gasteiger partial charge in [0.25, 0.3) is 0 Å².